The van der Waals surface area contributed by atoms with Gasteiger partial charge in [-0.25, -0.2) is 0 Å². The van der Waals surface area contributed by atoms with Gasteiger partial charge in [-0.2, -0.15) is 0 Å². The first-order valence-electron chi connectivity index (χ1n) is 10.6. The van der Waals surface area contributed by atoms with Gasteiger partial charge in [-0.15, -0.1) is 0 Å². The van der Waals surface area contributed by atoms with Gasteiger partial charge in [0, 0.05) is 6.42 Å². The summed E-state index contributed by atoms with van der Waals surface area (Å²) in [6.07, 6.45) is 6.51. The van der Waals surface area contributed by atoms with Gasteiger partial charge in [0.25, 0.3) is 0 Å². The number of hydrogen-bond acceptors (Lipinski definition) is 5. The van der Waals surface area contributed by atoms with Crippen LogP contribution < -0.4 is 0 Å². The van der Waals surface area contributed by atoms with Crippen LogP contribution in [0.4, 0.5) is 0 Å². The van der Waals surface area contributed by atoms with Gasteiger partial charge in [0.15, 0.2) is 0 Å². The van der Waals surface area contributed by atoms with Gasteiger partial charge in [-0.3, -0.25) is 4.79 Å². The maximum Gasteiger partial charge on any atom is 0.305 e. The quantitative estimate of drug-likeness (QED) is 0.344. The number of carbonyl (C=O) groups excluding carboxylic acids is 1. The standard InChI is InChI=1S/C21H32O5/c1-3-18(22)12-9-6-10-15-19(23)13-7-4-5-8-14-20(24)16-11-17-21(25)26-2/h4-10,12-14,18-20,22-24H,3,11,15-17H2,1-2H3/b5-4+,10-6+,12-9+,13-7+,14-8+/i6D,8D,10D,14D. The maximum absolute atomic E-state index is 11.0. The zero-order chi connectivity index (χ0) is 23.1. The average Bonchev–Trinajstić information content (AvgIpc) is 2.73. The van der Waals surface area contributed by atoms with Gasteiger partial charge in [0.05, 0.1) is 30.9 Å². The van der Waals surface area contributed by atoms with Gasteiger partial charge in [0.2, 0.25) is 0 Å². The highest BCUT2D eigenvalue weighted by molar-refractivity contribution is 5.68. The largest absolute Gasteiger partial charge is 0.469 e. The Hall–Kier alpha value is -1.95. The Bertz CT molecular complexity index is 683. The molecule has 26 heavy (non-hydrogen) atoms. The van der Waals surface area contributed by atoms with Crippen molar-refractivity contribution in [3.05, 3.63) is 60.7 Å². The van der Waals surface area contributed by atoms with E-state index in [9.17, 15) is 20.1 Å². The normalized spacial score (nSPS) is 20.0. The topological polar surface area (TPSA) is 87.0 Å². The second kappa shape index (κ2) is 16.5. The van der Waals surface area contributed by atoms with E-state index < -0.39 is 24.3 Å². The SMILES string of the molecule is [2H]C(/C=C/C(O)CC)=C(/[2H])CC(O)/C=C/C=C/C([2H])=C(\[2H])C(O)CCCC(=O)OC. The molecule has 0 aromatic rings. The third-order valence-corrected chi connectivity index (χ3v) is 3.19. The first-order valence-corrected chi connectivity index (χ1v) is 8.60. The summed E-state index contributed by atoms with van der Waals surface area (Å²) in [7, 11) is 1.27. The zero-order valence-corrected chi connectivity index (χ0v) is 15.4. The molecule has 3 unspecified atom stereocenters. The summed E-state index contributed by atoms with van der Waals surface area (Å²) in [6, 6.07) is -0.655. The summed E-state index contributed by atoms with van der Waals surface area (Å²) < 4.78 is 35.6. The molecule has 5 heteroatoms. The molecule has 0 amide bonds. The fraction of sp³-hybridized carbons (Fsp3) is 0.476. The minimum atomic E-state index is -1.16. The van der Waals surface area contributed by atoms with E-state index in [2.05, 4.69) is 4.74 Å². The third kappa shape index (κ3) is 15.6. The van der Waals surface area contributed by atoms with Gasteiger partial charge < -0.3 is 20.1 Å². The lowest BCUT2D eigenvalue weighted by Gasteiger charge is -2.03. The Kier molecular flexibility index (Phi) is 11.1. The van der Waals surface area contributed by atoms with Crippen LogP contribution in [0.1, 0.15) is 44.5 Å². The number of carbonyl (C=O) groups is 1. The zero-order valence-electron chi connectivity index (χ0n) is 19.4. The Labute approximate surface area is 162 Å². The van der Waals surface area contributed by atoms with E-state index in [1.807, 2.05) is 0 Å². The van der Waals surface area contributed by atoms with E-state index in [1.165, 1.54) is 43.6 Å². The van der Waals surface area contributed by atoms with Crippen LogP contribution in [0.25, 0.3) is 0 Å². The van der Waals surface area contributed by atoms with Crippen molar-refractivity contribution in [1.29, 1.82) is 0 Å². The third-order valence-electron chi connectivity index (χ3n) is 3.19. The predicted octanol–water partition coefficient (Wildman–Crippen LogP) is 2.99. The first-order chi connectivity index (χ1) is 14.1. The number of esters is 1. The Balaban J connectivity index is 4.68. The van der Waals surface area contributed by atoms with E-state index >= 15 is 0 Å². The summed E-state index contributed by atoms with van der Waals surface area (Å²) in [5.74, 6) is -0.398. The van der Waals surface area contributed by atoms with Crippen LogP contribution in [-0.4, -0.2) is 46.7 Å². The highest BCUT2D eigenvalue weighted by Gasteiger charge is 2.03. The monoisotopic (exact) mass is 368 g/mol. The number of aliphatic hydroxyl groups excluding tert-OH is 3. The number of methoxy groups -OCH3 is 1. The second-order valence-electron chi connectivity index (χ2n) is 5.44. The van der Waals surface area contributed by atoms with Gasteiger partial charge in [-0.05, 0) is 25.7 Å². The molecular weight excluding hydrogens is 332 g/mol. The Morgan fingerprint density at radius 2 is 1.77 bits per heavy atom. The minimum Gasteiger partial charge on any atom is -0.469 e. The average molecular weight is 369 g/mol. The molecule has 0 aromatic heterocycles. The second-order valence-corrected chi connectivity index (χ2v) is 5.44. The molecule has 0 radical (unpaired) electrons. The predicted molar refractivity (Wildman–Crippen MR) is 104 cm³/mol. The van der Waals surface area contributed by atoms with E-state index in [0.717, 1.165) is 0 Å². The molecular formula is C21H32O5. The summed E-state index contributed by atoms with van der Waals surface area (Å²) in [5.41, 5.74) is 0. The van der Waals surface area contributed by atoms with Crippen LogP contribution in [0.5, 0.6) is 0 Å². The van der Waals surface area contributed by atoms with Crippen LogP contribution in [-0.2, 0) is 9.53 Å². The number of allylic oxidation sites excluding steroid dienone is 6. The number of aliphatic hydroxyl groups is 3. The molecule has 0 bridgehead atoms. The van der Waals surface area contributed by atoms with E-state index in [0.29, 0.717) is 12.8 Å². The van der Waals surface area contributed by atoms with Gasteiger partial charge in [0.1, 0.15) is 0 Å². The summed E-state index contributed by atoms with van der Waals surface area (Å²) >= 11 is 0. The molecule has 3 N–H and O–H groups in total. The fourth-order valence-electron chi connectivity index (χ4n) is 1.64. The van der Waals surface area contributed by atoms with Crippen LogP contribution >= 0.6 is 0 Å². The molecule has 0 saturated carbocycles. The van der Waals surface area contributed by atoms with Crippen LogP contribution in [0, 0.1) is 0 Å². The van der Waals surface area contributed by atoms with Crippen LogP contribution in [0.3, 0.4) is 0 Å². The van der Waals surface area contributed by atoms with Crippen LogP contribution in [0.2, 0.25) is 0 Å². The Morgan fingerprint density at radius 3 is 2.46 bits per heavy atom. The van der Waals surface area contributed by atoms with E-state index in [-0.39, 0.29) is 43.5 Å². The minimum absolute atomic E-state index is 0.0814. The lowest BCUT2D eigenvalue weighted by atomic mass is 10.1. The number of hydrogen-bond donors (Lipinski definition) is 3. The Morgan fingerprint density at radius 1 is 1.04 bits per heavy atom. The van der Waals surface area contributed by atoms with Crippen molar-refractivity contribution >= 4 is 5.97 Å². The summed E-state index contributed by atoms with van der Waals surface area (Å²) in [6.45, 7) is 1.79. The van der Waals surface area contributed by atoms with Gasteiger partial charge in [-0.1, -0.05) is 67.6 Å². The number of ether oxygens (including phenoxy) is 1. The highest BCUT2D eigenvalue weighted by atomic mass is 16.5. The molecule has 3 atom stereocenters. The van der Waals surface area contributed by atoms with Crippen molar-refractivity contribution in [3.63, 3.8) is 0 Å². The van der Waals surface area contributed by atoms with Crippen LogP contribution in [0.15, 0.2) is 60.7 Å². The lowest BCUT2D eigenvalue weighted by molar-refractivity contribution is -0.140. The van der Waals surface area contributed by atoms with Crippen molar-refractivity contribution in [1.82, 2.24) is 0 Å². The molecule has 5 nitrogen and oxygen atoms in total. The molecule has 0 aliphatic rings. The van der Waals surface area contributed by atoms with Crippen molar-refractivity contribution in [3.8, 4) is 0 Å². The molecule has 0 aromatic carbocycles. The molecule has 0 saturated heterocycles. The van der Waals surface area contributed by atoms with E-state index in [4.69, 9.17) is 5.48 Å². The van der Waals surface area contributed by atoms with Crippen molar-refractivity contribution < 1.29 is 30.3 Å². The van der Waals surface area contributed by atoms with Crippen molar-refractivity contribution in [2.45, 2.75) is 57.3 Å². The first kappa shape index (κ1) is 17.5. The molecule has 0 heterocycles. The summed E-state index contributed by atoms with van der Waals surface area (Å²) in [4.78, 5) is 11.0. The van der Waals surface area contributed by atoms with Crippen molar-refractivity contribution in [2.75, 3.05) is 7.11 Å². The maximum atomic E-state index is 11.0. The molecule has 0 rings (SSSR count). The molecule has 0 aliphatic heterocycles. The molecule has 0 aliphatic carbocycles. The number of rotatable bonds is 13. The molecule has 146 valence electrons. The highest BCUT2D eigenvalue weighted by Crippen LogP contribution is 2.03. The van der Waals surface area contributed by atoms with Crippen molar-refractivity contribution in [2.24, 2.45) is 0 Å². The lowest BCUT2D eigenvalue weighted by Crippen LogP contribution is -2.05. The smallest absolute Gasteiger partial charge is 0.305 e. The van der Waals surface area contributed by atoms with Gasteiger partial charge >= 0.3 is 5.97 Å². The fourth-order valence-corrected chi connectivity index (χ4v) is 1.64. The summed E-state index contributed by atoms with van der Waals surface area (Å²) in [5, 5.41) is 29.2. The van der Waals surface area contributed by atoms with E-state index in [1.54, 1.807) is 6.92 Å². The molecule has 0 fully saturated rings. The molecule has 0 spiro atoms.